The van der Waals surface area contributed by atoms with E-state index in [2.05, 4.69) is 20.9 Å². The summed E-state index contributed by atoms with van der Waals surface area (Å²) in [6, 6.07) is 5.26. The van der Waals surface area contributed by atoms with E-state index in [0.717, 1.165) is 9.35 Å². The van der Waals surface area contributed by atoms with Crippen LogP contribution in [0.2, 0.25) is 0 Å². The van der Waals surface area contributed by atoms with Crippen molar-refractivity contribution in [2.75, 3.05) is 21.3 Å². The molecule has 0 unspecified atom stereocenters. The number of carbonyl (C=O) groups is 1. The van der Waals surface area contributed by atoms with E-state index >= 15 is 0 Å². The Bertz CT molecular complexity index is 862. The maximum atomic E-state index is 12.1. The number of halogens is 1. The molecule has 0 aliphatic carbocycles. The molecule has 0 radical (unpaired) electrons. The molecular weight excluding hydrogens is 410 g/mol. The number of benzene rings is 1. The smallest absolute Gasteiger partial charge is 0.363 e. The summed E-state index contributed by atoms with van der Waals surface area (Å²) in [5.74, 6) is 1.04. The Morgan fingerprint density at radius 1 is 1.12 bits per heavy atom. The van der Waals surface area contributed by atoms with E-state index in [9.17, 15) is 4.79 Å². The number of esters is 1. The third-order valence-corrected chi connectivity index (χ3v) is 5.04. The predicted octanol–water partition coefficient (Wildman–Crippen LogP) is 3.88. The molecule has 0 saturated heterocycles. The highest BCUT2D eigenvalue weighted by molar-refractivity contribution is 9.10. The predicted molar refractivity (Wildman–Crippen MR) is 98.7 cm³/mol. The van der Waals surface area contributed by atoms with Gasteiger partial charge in [-0.2, -0.15) is 0 Å². The lowest BCUT2D eigenvalue weighted by Gasteiger charge is -2.13. The minimum atomic E-state index is -0.506. The van der Waals surface area contributed by atoms with Crippen LogP contribution in [0.1, 0.15) is 10.4 Å². The van der Waals surface area contributed by atoms with Crippen molar-refractivity contribution in [3.63, 3.8) is 0 Å². The molecule has 0 amide bonds. The standard InChI is InChI=1S/C17H14BrNO5S/c1-21-13-4-9(5-14(22-2)15(13)23-3)16-19-12(17(20)24-16)7-11-6-10(18)8-25-11/h4-8H,1-3H3. The zero-order chi connectivity index (χ0) is 18.0. The summed E-state index contributed by atoms with van der Waals surface area (Å²) in [4.78, 5) is 17.3. The second-order valence-corrected chi connectivity index (χ2v) is 6.78. The number of aliphatic imine (C=N–C) groups is 1. The van der Waals surface area contributed by atoms with E-state index in [1.807, 2.05) is 11.4 Å². The number of rotatable bonds is 5. The SMILES string of the molecule is COc1cc(C2=NC(=Cc3cc(Br)cs3)C(=O)O2)cc(OC)c1OC. The molecule has 0 saturated carbocycles. The van der Waals surface area contributed by atoms with Crippen LogP contribution in [-0.2, 0) is 9.53 Å². The molecule has 1 aliphatic rings. The van der Waals surface area contributed by atoms with Gasteiger partial charge in [-0.25, -0.2) is 9.79 Å². The van der Waals surface area contributed by atoms with Gasteiger partial charge < -0.3 is 18.9 Å². The molecule has 1 aromatic heterocycles. The first-order valence-corrected chi connectivity index (χ1v) is 8.80. The fourth-order valence-corrected chi connectivity index (χ4v) is 3.65. The Morgan fingerprint density at radius 3 is 2.32 bits per heavy atom. The van der Waals surface area contributed by atoms with Crippen LogP contribution in [-0.4, -0.2) is 33.2 Å². The zero-order valence-corrected chi connectivity index (χ0v) is 16.1. The Kier molecular flexibility index (Phi) is 5.10. The number of hydrogen-bond donors (Lipinski definition) is 0. The number of cyclic esters (lactones) is 1. The zero-order valence-electron chi connectivity index (χ0n) is 13.7. The number of thiophene rings is 1. The van der Waals surface area contributed by atoms with E-state index in [1.54, 1.807) is 18.2 Å². The molecule has 3 rings (SSSR count). The highest BCUT2D eigenvalue weighted by atomic mass is 79.9. The van der Waals surface area contributed by atoms with Gasteiger partial charge in [0, 0.05) is 20.3 Å². The molecule has 130 valence electrons. The molecule has 0 spiro atoms. The first-order chi connectivity index (χ1) is 12.0. The third-order valence-electron chi connectivity index (χ3n) is 3.40. The lowest BCUT2D eigenvalue weighted by atomic mass is 10.2. The Labute approximate surface area is 156 Å². The molecule has 1 aliphatic heterocycles. The normalized spacial score (nSPS) is 15.1. The average Bonchev–Trinajstić information content (AvgIpc) is 3.19. The number of carbonyl (C=O) groups excluding carboxylic acids is 1. The average molecular weight is 424 g/mol. The van der Waals surface area contributed by atoms with Gasteiger partial charge in [0.25, 0.3) is 0 Å². The quantitative estimate of drug-likeness (QED) is 0.539. The van der Waals surface area contributed by atoms with Crippen molar-refractivity contribution >= 4 is 45.2 Å². The lowest BCUT2D eigenvalue weighted by molar-refractivity contribution is -0.129. The molecule has 2 aromatic rings. The van der Waals surface area contributed by atoms with Crippen molar-refractivity contribution in [3.05, 3.63) is 44.2 Å². The van der Waals surface area contributed by atoms with Crippen LogP contribution >= 0.6 is 27.3 Å². The van der Waals surface area contributed by atoms with Crippen LogP contribution in [0.3, 0.4) is 0 Å². The van der Waals surface area contributed by atoms with Crippen LogP contribution in [0.15, 0.2) is 38.7 Å². The molecule has 6 nitrogen and oxygen atoms in total. The third kappa shape index (κ3) is 3.54. The lowest BCUT2D eigenvalue weighted by Crippen LogP contribution is -2.06. The summed E-state index contributed by atoms with van der Waals surface area (Å²) >= 11 is 4.88. The van der Waals surface area contributed by atoms with Crippen LogP contribution in [0.25, 0.3) is 6.08 Å². The summed E-state index contributed by atoms with van der Waals surface area (Å²) in [5.41, 5.74) is 0.789. The Balaban J connectivity index is 2.00. The number of nitrogens with zero attached hydrogens (tertiary/aromatic N) is 1. The molecule has 8 heteroatoms. The highest BCUT2D eigenvalue weighted by Crippen LogP contribution is 2.39. The van der Waals surface area contributed by atoms with Crippen molar-refractivity contribution < 1.29 is 23.7 Å². The van der Waals surface area contributed by atoms with Gasteiger partial charge in [-0.05, 0) is 40.2 Å². The minimum Gasteiger partial charge on any atom is -0.493 e. The minimum absolute atomic E-state index is 0.186. The fraction of sp³-hybridized carbons (Fsp3) is 0.176. The van der Waals surface area contributed by atoms with Crippen molar-refractivity contribution in [1.82, 2.24) is 0 Å². The van der Waals surface area contributed by atoms with Crippen molar-refractivity contribution in [3.8, 4) is 17.2 Å². The van der Waals surface area contributed by atoms with Gasteiger partial charge in [0.05, 0.1) is 21.3 Å². The van der Waals surface area contributed by atoms with Gasteiger partial charge in [0.1, 0.15) is 0 Å². The van der Waals surface area contributed by atoms with E-state index in [1.165, 1.54) is 32.7 Å². The molecule has 0 bridgehead atoms. The second kappa shape index (κ2) is 7.28. The van der Waals surface area contributed by atoms with Gasteiger partial charge in [-0.1, -0.05) is 0 Å². The van der Waals surface area contributed by atoms with Gasteiger partial charge in [0.2, 0.25) is 11.6 Å². The Hall–Kier alpha value is -2.32. The van der Waals surface area contributed by atoms with E-state index in [0.29, 0.717) is 22.8 Å². The van der Waals surface area contributed by atoms with E-state index < -0.39 is 5.97 Å². The number of ether oxygens (including phenoxy) is 4. The maximum Gasteiger partial charge on any atom is 0.363 e. The van der Waals surface area contributed by atoms with Crippen LogP contribution in [0.5, 0.6) is 17.2 Å². The maximum absolute atomic E-state index is 12.1. The van der Waals surface area contributed by atoms with Gasteiger partial charge in [-0.3, -0.25) is 0 Å². The largest absolute Gasteiger partial charge is 0.493 e. The van der Waals surface area contributed by atoms with Gasteiger partial charge in [0.15, 0.2) is 17.2 Å². The van der Waals surface area contributed by atoms with Crippen molar-refractivity contribution in [2.24, 2.45) is 4.99 Å². The first kappa shape index (κ1) is 17.5. The molecular formula is C17H14BrNO5S. The molecule has 0 atom stereocenters. The monoisotopic (exact) mass is 423 g/mol. The van der Waals surface area contributed by atoms with Crippen LogP contribution in [0.4, 0.5) is 0 Å². The van der Waals surface area contributed by atoms with Crippen molar-refractivity contribution in [1.29, 1.82) is 0 Å². The van der Waals surface area contributed by atoms with E-state index in [-0.39, 0.29) is 11.6 Å². The number of methoxy groups -OCH3 is 3. The highest BCUT2D eigenvalue weighted by Gasteiger charge is 2.26. The summed E-state index contributed by atoms with van der Waals surface area (Å²) in [6.45, 7) is 0. The van der Waals surface area contributed by atoms with E-state index in [4.69, 9.17) is 18.9 Å². The first-order valence-electron chi connectivity index (χ1n) is 7.12. The fourth-order valence-electron chi connectivity index (χ4n) is 2.28. The van der Waals surface area contributed by atoms with Gasteiger partial charge >= 0.3 is 5.97 Å². The van der Waals surface area contributed by atoms with Crippen LogP contribution < -0.4 is 14.2 Å². The van der Waals surface area contributed by atoms with Crippen molar-refractivity contribution in [2.45, 2.75) is 0 Å². The second-order valence-electron chi connectivity index (χ2n) is 4.92. The summed E-state index contributed by atoms with van der Waals surface area (Å²) in [5, 5.41) is 1.93. The Morgan fingerprint density at radius 2 is 1.80 bits per heavy atom. The molecule has 0 N–H and O–H groups in total. The van der Waals surface area contributed by atoms with Gasteiger partial charge in [-0.15, -0.1) is 11.3 Å². The van der Waals surface area contributed by atoms with Crippen LogP contribution in [0, 0.1) is 0 Å². The number of hydrogen-bond acceptors (Lipinski definition) is 7. The molecule has 25 heavy (non-hydrogen) atoms. The molecule has 2 heterocycles. The summed E-state index contributed by atoms with van der Waals surface area (Å²) < 4.78 is 22.2. The topological polar surface area (TPSA) is 66.4 Å². The summed E-state index contributed by atoms with van der Waals surface area (Å²) in [7, 11) is 4.56. The summed E-state index contributed by atoms with van der Waals surface area (Å²) in [6.07, 6.45) is 1.68. The molecule has 1 aromatic carbocycles. The molecule has 0 fully saturated rings.